The lowest BCUT2D eigenvalue weighted by Gasteiger charge is -2.11. The van der Waals surface area contributed by atoms with E-state index in [2.05, 4.69) is 59.0 Å². The van der Waals surface area contributed by atoms with Gasteiger partial charge < -0.3 is 5.32 Å². The lowest BCUT2D eigenvalue weighted by molar-refractivity contribution is 0.575. The van der Waals surface area contributed by atoms with Crippen molar-refractivity contribution in [2.24, 2.45) is 0 Å². The van der Waals surface area contributed by atoms with Crippen LogP contribution in [-0.2, 0) is 0 Å². The highest BCUT2D eigenvalue weighted by Gasteiger charge is 2.17. The van der Waals surface area contributed by atoms with E-state index in [9.17, 15) is 0 Å². The molecule has 0 aliphatic carbocycles. The van der Waals surface area contributed by atoms with Crippen molar-refractivity contribution in [1.29, 1.82) is 0 Å². The van der Waals surface area contributed by atoms with Crippen molar-refractivity contribution >= 4 is 11.3 Å². The molecular formula is C18H26N2S. The van der Waals surface area contributed by atoms with Crippen LogP contribution in [0.5, 0.6) is 0 Å². The molecule has 0 fully saturated rings. The number of nitrogens with one attached hydrogen (secondary N) is 1. The average molecular weight is 302 g/mol. The quantitative estimate of drug-likeness (QED) is 0.830. The lowest BCUT2D eigenvalue weighted by Crippen LogP contribution is -2.18. The first-order valence-corrected chi connectivity index (χ1v) is 8.54. The van der Waals surface area contributed by atoms with E-state index >= 15 is 0 Å². The van der Waals surface area contributed by atoms with Crippen LogP contribution in [0.15, 0.2) is 12.1 Å². The standard InChI is InChI=1S/C18H26N2S/c1-7-8-19-14(5)17-15(6)20-18(21-17)16-12(3)9-11(2)10-13(16)4/h9-10,14,19H,7-8H2,1-6H3. The summed E-state index contributed by atoms with van der Waals surface area (Å²) in [7, 11) is 0. The van der Waals surface area contributed by atoms with Crippen molar-refractivity contribution in [2.75, 3.05) is 6.54 Å². The minimum Gasteiger partial charge on any atom is -0.309 e. The molecule has 114 valence electrons. The predicted molar refractivity (Wildman–Crippen MR) is 93.2 cm³/mol. The summed E-state index contributed by atoms with van der Waals surface area (Å²) in [6.45, 7) is 14.1. The van der Waals surface area contributed by atoms with Gasteiger partial charge in [0.25, 0.3) is 0 Å². The van der Waals surface area contributed by atoms with Crippen molar-refractivity contribution in [1.82, 2.24) is 10.3 Å². The maximum absolute atomic E-state index is 4.84. The summed E-state index contributed by atoms with van der Waals surface area (Å²) < 4.78 is 0. The Morgan fingerprint density at radius 1 is 1.14 bits per heavy atom. The van der Waals surface area contributed by atoms with E-state index in [0.29, 0.717) is 6.04 Å². The molecule has 3 heteroatoms. The Morgan fingerprint density at radius 3 is 2.33 bits per heavy atom. The first kappa shape index (κ1) is 16.2. The molecule has 2 nitrogen and oxygen atoms in total. The van der Waals surface area contributed by atoms with Gasteiger partial charge in [0.2, 0.25) is 0 Å². The average Bonchev–Trinajstić information content (AvgIpc) is 2.76. The Hall–Kier alpha value is -1.19. The highest BCUT2D eigenvalue weighted by Crippen LogP contribution is 2.35. The first-order valence-electron chi connectivity index (χ1n) is 7.73. The van der Waals surface area contributed by atoms with Gasteiger partial charge in [-0.1, -0.05) is 24.6 Å². The van der Waals surface area contributed by atoms with Crippen molar-refractivity contribution in [3.8, 4) is 10.6 Å². The van der Waals surface area contributed by atoms with E-state index in [1.54, 1.807) is 0 Å². The van der Waals surface area contributed by atoms with Crippen LogP contribution in [0.2, 0.25) is 0 Å². The summed E-state index contributed by atoms with van der Waals surface area (Å²) in [6.07, 6.45) is 1.16. The summed E-state index contributed by atoms with van der Waals surface area (Å²) in [4.78, 5) is 6.20. The number of benzene rings is 1. The molecule has 0 saturated heterocycles. The van der Waals surface area contributed by atoms with Gasteiger partial charge >= 0.3 is 0 Å². The Balaban J connectivity index is 2.39. The van der Waals surface area contributed by atoms with Crippen molar-refractivity contribution < 1.29 is 0 Å². The molecule has 0 aliphatic heterocycles. The second kappa shape index (κ2) is 6.71. The maximum Gasteiger partial charge on any atom is 0.124 e. The first-order chi connectivity index (χ1) is 9.93. The van der Waals surface area contributed by atoms with Crippen LogP contribution < -0.4 is 5.32 Å². The summed E-state index contributed by atoms with van der Waals surface area (Å²) in [5.41, 5.74) is 6.43. The monoisotopic (exact) mass is 302 g/mol. The van der Waals surface area contributed by atoms with Crippen LogP contribution in [0.25, 0.3) is 10.6 Å². The maximum atomic E-state index is 4.84. The number of nitrogens with zero attached hydrogens (tertiary/aromatic N) is 1. The van der Waals surface area contributed by atoms with Gasteiger partial charge in [-0.05, 0) is 58.7 Å². The summed E-state index contributed by atoms with van der Waals surface area (Å²) in [6, 6.07) is 4.87. The third kappa shape index (κ3) is 3.53. The molecular weight excluding hydrogens is 276 g/mol. The molecule has 0 bridgehead atoms. The fraction of sp³-hybridized carbons (Fsp3) is 0.500. The van der Waals surface area contributed by atoms with E-state index in [1.807, 2.05) is 11.3 Å². The van der Waals surface area contributed by atoms with E-state index in [0.717, 1.165) is 23.7 Å². The number of hydrogen-bond donors (Lipinski definition) is 1. The Kier molecular flexibility index (Phi) is 5.17. The summed E-state index contributed by atoms with van der Waals surface area (Å²) >= 11 is 1.83. The second-order valence-electron chi connectivity index (χ2n) is 5.92. The molecule has 0 spiro atoms. The van der Waals surface area contributed by atoms with Gasteiger partial charge in [0.1, 0.15) is 5.01 Å². The summed E-state index contributed by atoms with van der Waals surface area (Å²) in [5, 5.41) is 4.72. The smallest absolute Gasteiger partial charge is 0.124 e. The van der Waals surface area contributed by atoms with E-state index in [4.69, 9.17) is 4.98 Å². The Labute approximate surface area is 132 Å². The van der Waals surface area contributed by atoms with Gasteiger partial charge in [0.15, 0.2) is 0 Å². The second-order valence-corrected chi connectivity index (χ2v) is 6.95. The third-order valence-corrected chi connectivity index (χ3v) is 5.17. The molecule has 2 aromatic rings. The van der Waals surface area contributed by atoms with Crippen LogP contribution in [-0.4, -0.2) is 11.5 Å². The van der Waals surface area contributed by atoms with Crippen molar-refractivity contribution in [2.45, 2.75) is 54.0 Å². The number of aryl methyl sites for hydroxylation is 4. The summed E-state index contributed by atoms with van der Waals surface area (Å²) in [5.74, 6) is 0. The fourth-order valence-electron chi connectivity index (χ4n) is 2.89. The molecule has 1 unspecified atom stereocenters. The van der Waals surface area contributed by atoms with Gasteiger partial charge in [-0.2, -0.15) is 0 Å². The molecule has 0 amide bonds. The topological polar surface area (TPSA) is 24.9 Å². The van der Waals surface area contributed by atoms with Gasteiger partial charge in [-0.3, -0.25) is 0 Å². The van der Waals surface area contributed by atoms with E-state index < -0.39 is 0 Å². The van der Waals surface area contributed by atoms with Crippen molar-refractivity contribution in [3.05, 3.63) is 39.4 Å². The van der Waals surface area contributed by atoms with Gasteiger partial charge in [-0.25, -0.2) is 4.98 Å². The fourth-order valence-corrected chi connectivity index (χ4v) is 4.16. The highest BCUT2D eigenvalue weighted by molar-refractivity contribution is 7.15. The molecule has 1 N–H and O–H groups in total. The minimum absolute atomic E-state index is 0.377. The molecule has 21 heavy (non-hydrogen) atoms. The number of aromatic nitrogens is 1. The Bertz CT molecular complexity index is 605. The molecule has 2 rings (SSSR count). The van der Waals surface area contributed by atoms with Crippen LogP contribution in [0.1, 0.15) is 53.6 Å². The zero-order valence-corrected chi connectivity index (χ0v) is 14.8. The minimum atomic E-state index is 0.377. The van der Waals surface area contributed by atoms with Crippen molar-refractivity contribution in [3.63, 3.8) is 0 Å². The molecule has 0 aliphatic rings. The normalized spacial score (nSPS) is 12.7. The zero-order valence-electron chi connectivity index (χ0n) is 14.0. The number of rotatable bonds is 5. The van der Waals surface area contributed by atoms with Gasteiger partial charge in [0, 0.05) is 16.5 Å². The number of hydrogen-bond acceptors (Lipinski definition) is 3. The van der Waals surface area contributed by atoms with Crippen LogP contribution in [0.4, 0.5) is 0 Å². The highest BCUT2D eigenvalue weighted by atomic mass is 32.1. The molecule has 1 aromatic carbocycles. The molecule has 0 saturated carbocycles. The van der Waals surface area contributed by atoms with Gasteiger partial charge in [0.05, 0.1) is 5.69 Å². The molecule has 1 heterocycles. The zero-order chi connectivity index (χ0) is 15.6. The molecule has 0 radical (unpaired) electrons. The molecule has 1 aromatic heterocycles. The predicted octanol–water partition coefficient (Wildman–Crippen LogP) is 5.10. The number of thiazole rings is 1. The molecule has 1 atom stereocenters. The van der Waals surface area contributed by atoms with Crippen LogP contribution >= 0.6 is 11.3 Å². The van der Waals surface area contributed by atoms with Crippen LogP contribution in [0, 0.1) is 27.7 Å². The lowest BCUT2D eigenvalue weighted by atomic mass is 10.0. The van der Waals surface area contributed by atoms with Crippen LogP contribution in [0.3, 0.4) is 0 Å². The van der Waals surface area contributed by atoms with E-state index in [1.165, 1.54) is 27.1 Å². The van der Waals surface area contributed by atoms with Gasteiger partial charge in [-0.15, -0.1) is 11.3 Å². The SMILES string of the molecule is CCCNC(C)c1sc(-c2c(C)cc(C)cc2C)nc1C. The Morgan fingerprint density at radius 2 is 1.76 bits per heavy atom. The van der Waals surface area contributed by atoms with E-state index in [-0.39, 0.29) is 0 Å². The third-order valence-electron chi connectivity index (χ3n) is 3.82. The largest absolute Gasteiger partial charge is 0.309 e.